The predicted molar refractivity (Wildman–Crippen MR) is 66.8 cm³/mol. The molecule has 1 nitrogen and oxygen atoms in total. The van der Waals surface area contributed by atoms with E-state index in [4.69, 9.17) is 0 Å². The number of hydrogen-bond acceptors (Lipinski definition) is 1. The first-order valence-corrected chi connectivity index (χ1v) is 5.50. The maximum Gasteiger partial charge on any atom is 0.118 e. The lowest BCUT2D eigenvalue weighted by Gasteiger charge is -2.10. The molecule has 0 saturated heterocycles. The summed E-state index contributed by atoms with van der Waals surface area (Å²) in [6, 6.07) is 14.2. The van der Waals surface area contributed by atoms with E-state index in [-0.39, 0.29) is 0 Å². The van der Waals surface area contributed by atoms with Crippen LogP contribution in [0.3, 0.4) is 0 Å². The molecular formula is C15H16O. The summed E-state index contributed by atoms with van der Waals surface area (Å²) in [5, 5.41) is 9.59. The number of benzene rings is 2. The van der Waals surface area contributed by atoms with Crippen LogP contribution >= 0.6 is 0 Å². The highest BCUT2D eigenvalue weighted by molar-refractivity contribution is 5.44. The van der Waals surface area contributed by atoms with Gasteiger partial charge in [0.05, 0.1) is 0 Å². The zero-order chi connectivity index (χ0) is 11.5. The maximum atomic E-state index is 9.59. The number of phenols is 1. The molecule has 0 atom stereocenters. The van der Waals surface area contributed by atoms with Gasteiger partial charge in [-0.2, -0.15) is 0 Å². The van der Waals surface area contributed by atoms with Crippen molar-refractivity contribution in [2.75, 3.05) is 0 Å². The minimum absolute atomic E-state index is 0.384. The molecule has 1 N–H and O–H groups in total. The molecule has 0 heterocycles. The Hall–Kier alpha value is -1.76. The third kappa shape index (κ3) is 2.08. The van der Waals surface area contributed by atoms with Crippen molar-refractivity contribution in [1.82, 2.24) is 0 Å². The molecule has 0 amide bonds. The van der Waals surface area contributed by atoms with E-state index in [1.165, 1.54) is 16.7 Å². The van der Waals surface area contributed by atoms with Crippen molar-refractivity contribution < 1.29 is 5.11 Å². The summed E-state index contributed by atoms with van der Waals surface area (Å²) < 4.78 is 0. The molecule has 0 spiro atoms. The van der Waals surface area contributed by atoms with Gasteiger partial charge in [0.15, 0.2) is 0 Å². The average molecular weight is 212 g/mol. The minimum Gasteiger partial charge on any atom is -0.508 e. The van der Waals surface area contributed by atoms with Crippen molar-refractivity contribution in [3.63, 3.8) is 0 Å². The first-order chi connectivity index (χ1) is 7.68. The van der Waals surface area contributed by atoms with E-state index >= 15 is 0 Å². The quantitative estimate of drug-likeness (QED) is 0.806. The zero-order valence-electron chi connectivity index (χ0n) is 9.70. The van der Waals surface area contributed by atoms with Crippen LogP contribution in [0.5, 0.6) is 5.75 Å². The van der Waals surface area contributed by atoms with Gasteiger partial charge in [-0.3, -0.25) is 0 Å². The zero-order valence-corrected chi connectivity index (χ0v) is 9.70. The number of rotatable bonds is 2. The van der Waals surface area contributed by atoms with Crippen molar-refractivity contribution in [1.29, 1.82) is 0 Å². The summed E-state index contributed by atoms with van der Waals surface area (Å²) in [7, 11) is 0. The second kappa shape index (κ2) is 4.40. The summed E-state index contributed by atoms with van der Waals surface area (Å²) in [6.45, 7) is 4.02. The second-order valence-corrected chi connectivity index (χ2v) is 4.16. The van der Waals surface area contributed by atoms with Gasteiger partial charge in [0.25, 0.3) is 0 Å². The fourth-order valence-electron chi connectivity index (χ4n) is 1.87. The molecule has 0 fully saturated rings. The van der Waals surface area contributed by atoms with Crippen LogP contribution in [0, 0.1) is 13.8 Å². The average Bonchev–Trinajstić information content (AvgIpc) is 2.31. The van der Waals surface area contributed by atoms with Crippen molar-refractivity contribution in [2.24, 2.45) is 0 Å². The summed E-state index contributed by atoms with van der Waals surface area (Å²) in [5.41, 5.74) is 4.74. The first kappa shape index (κ1) is 10.7. The lowest BCUT2D eigenvalue weighted by molar-refractivity contribution is 0.470. The molecule has 0 bridgehead atoms. The van der Waals surface area contributed by atoms with Crippen LogP contribution in [0.1, 0.15) is 22.3 Å². The number of aromatic hydroxyl groups is 1. The Bertz CT molecular complexity index is 486. The Kier molecular flexibility index (Phi) is 2.95. The molecule has 0 radical (unpaired) electrons. The van der Waals surface area contributed by atoms with E-state index in [0.717, 1.165) is 12.0 Å². The minimum atomic E-state index is 0.384. The molecule has 16 heavy (non-hydrogen) atoms. The van der Waals surface area contributed by atoms with E-state index in [1.807, 2.05) is 19.1 Å². The fourth-order valence-corrected chi connectivity index (χ4v) is 1.87. The van der Waals surface area contributed by atoms with Crippen LogP contribution in [0.15, 0.2) is 42.5 Å². The van der Waals surface area contributed by atoms with Crippen LogP contribution in [0.25, 0.3) is 0 Å². The van der Waals surface area contributed by atoms with Crippen molar-refractivity contribution in [3.8, 4) is 5.75 Å². The molecule has 0 saturated carbocycles. The van der Waals surface area contributed by atoms with Gasteiger partial charge >= 0.3 is 0 Å². The Morgan fingerprint density at radius 1 is 0.875 bits per heavy atom. The van der Waals surface area contributed by atoms with E-state index in [1.54, 1.807) is 6.07 Å². The maximum absolute atomic E-state index is 9.59. The molecule has 0 unspecified atom stereocenters. The van der Waals surface area contributed by atoms with E-state index in [0.29, 0.717) is 5.75 Å². The lowest BCUT2D eigenvalue weighted by Crippen LogP contribution is -1.94. The third-order valence-electron chi connectivity index (χ3n) is 3.11. The molecule has 82 valence electrons. The highest BCUT2D eigenvalue weighted by atomic mass is 16.3. The number of phenolic OH excluding ortho intramolecular Hbond substituents is 1. The molecule has 2 aromatic carbocycles. The van der Waals surface area contributed by atoms with Gasteiger partial charge in [-0.25, -0.2) is 0 Å². The highest BCUT2D eigenvalue weighted by Gasteiger charge is 2.05. The molecule has 0 aromatic heterocycles. The van der Waals surface area contributed by atoms with Crippen LogP contribution in [0.4, 0.5) is 0 Å². The van der Waals surface area contributed by atoms with E-state index in [2.05, 4.69) is 31.2 Å². The topological polar surface area (TPSA) is 20.2 Å². The van der Waals surface area contributed by atoms with Crippen LogP contribution in [-0.4, -0.2) is 5.11 Å². The molecule has 2 aromatic rings. The first-order valence-electron chi connectivity index (χ1n) is 5.50. The monoisotopic (exact) mass is 212 g/mol. The van der Waals surface area contributed by atoms with Gasteiger partial charge in [-0.15, -0.1) is 0 Å². The van der Waals surface area contributed by atoms with Crippen molar-refractivity contribution >= 4 is 0 Å². The molecule has 1 heteroatoms. The molecule has 2 rings (SSSR count). The lowest BCUT2D eigenvalue weighted by atomic mass is 9.97. The summed E-state index contributed by atoms with van der Waals surface area (Å²) >= 11 is 0. The van der Waals surface area contributed by atoms with Crippen molar-refractivity contribution in [3.05, 3.63) is 64.7 Å². The van der Waals surface area contributed by atoms with Gasteiger partial charge in [0.1, 0.15) is 5.75 Å². The highest BCUT2D eigenvalue weighted by Crippen LogP contribution is 2.24. The Labute approximate surface area is 96.4 Å². The van der Waals surface area contributed by atoms with E-state index in [9.17, 15) is 5.11 Å². The molecule has 0 aliphatic heterocycles. The Morgan fingerprint density at radius 2 is 1.56 bits per heavy atom. The van der Waals surface area contributed by atoms with Gasteiger partial charge in [-0.1, -0.05) is 36.4 Å². The summed E-state index contributed by atoms with van der Waals surface area (Å²) in [6.07, 6.45) is 0.924. The largest absolute Gasteiger partial charge is 0.508 e. The third-order valence-corrected chi connectivity index (χ3v) is 3.11. The molecule has 0 aliphatic rings. The van der Waals surface area contributed by atoms with Crippen LogP contribution in [-0.2, 0) is 6.42 Å². The Balaban J connectivity index is 2.33. The molecule has 0 aliphatic carbocycles. The molecular weight excluding hydrogens is 196 g/mol. The van der Waals surface area contributed by atoms with Gasteiger partial charge < -0.3 is 5.11 Å². The SMILES string of the molecule is Cc1c(O)ccc(Cc2ccccc2)c1C. The van der Waals surface area contributed by atoms with Gasteiger partial charge in [0.2, 0.25) is 0 Å². The fraction of sp³-hybridized carbons (Fsp3) is 0.200. The van der Waals surface area contributed by atoms with Gasteiger partial charge in [0, 0.05) is 0 Å². The number of hydrogen-bond donors (Lipinski definition) is 1. The smallest absolute Gasteiger partial charge is 0.118 e. The predicted octanol–water partition coefficient (Wildman–Crippen LogP) is 3.60. The standard InChI is InChI=1S/C15H16O/c1-11-12(2)15(16)9-8-14(11)10-13-6-4-3-5-7-13/h3-9,16H,10H2,1-2H3. The van der Waals surface area contributed by atoms with E-state index < -0.39 is 0 Å². The summed E-state index contributed by atoms with van der Waals surface area (Å²) in [5.74, 6) is 0.384. The van der Waals surface area contributed by atoms with Crippen LogP contribution in [0.2, 0.25) is 0 Å². The van der Waals surface area contributed by atoms with Crippen LogP contribution < -0.4 is 0 Å². The summed E-state index contributed by atoms with van der Waals surface area (Å²) in [4.78, 5) is 0. The second-order valence-electron chi connectivity index (χ2n) is 4.16. The normalized spacial score (nSPS) is 10.4. The van der Waals surface area contributed by atoms with Gasteiger partial charge in [-0.05, 0) is 48.6 Å². The Morgan fingerprint density at radius 3 is 2.25 bits per heavy atom. The van der Waals surface area contributed by atoms with Crippen molar-refractivity contribution in [2.45, 2.75) is 20.3 Å².